The number of rotatable bonds is 3. The first-order valence-electron chi connectivity index (χ1n) is 6.59. The standard InChI is InChI=1S/C13H19N3O3S/c1-14-13(17)11-3-5-12(6-4-11)20(18,19)16-9-2-7-15-8-10-16/h3-6,15H,2,7-10H2,1H3,(H,14,17). The number of carbonyl (C=O) groups is 1. The molecule has 1 aliphatic rings. The maximum Gasteiger partial charge on any atom is 0.251 e. The van der Waals surface area contributed by atoms with Crippen LogP contribution in [0, 0.1) is 0 Å². The van der Waals surface area contributed by atoms with Gasteiger partial charge in [-0.05, 0) is 37.2 Å². The van der Waals surface area contributed by atoms with Crippen molar-refractivity contribution in [1.82, 2.24) is 14.9 Å². The molecule has 2 N–H and O–H groups in total. The molecule has 0 radical (unpaired) electrons. The molecule has 1 heterocycles. The maximum absolute atomic E-state index is 12.5. The van der Waals surface area contributed by atoms with E-state index in [0.717, 1.165) is 13.0 Å². The van der Waals surface area contributed by atoms with Crippen LogP contribution >= 0.6 is 0 Å². The SMILES string of the molecule is CNC(=O)c1ccc(S(=O)(=O)N2CCCNCC2)cc1. The van der Waals surface area contributed by atoms with Gasteiger partial charge in [-0.15, -0.1) is 0 Å². The van der Waals surface area contributed by atoms with Crippen LogP contribution < -0.4 is 10.6 Å². The van der Waals surface area contributed by atoms with Crippen molar-refractivity contribution in [1.29, 1.82) is 0 Å². The molecule has 1 aliphatic heterocycles. The molecule has 0 atom stereocenters. The highest BCUT2D eigenvalue weighted by Gasteiger charge is 2.25. The van der Waals surface area contributed by atoms with Gasteiger partial charge < -0.3 is 10.6 Å². The molecule has 6 nitrogen and oxygen atoms in total. The molecule has 0 aromatic heterocycles. The Morgan fingerprint density at radius 2 is 1.90 bits per heavy atom. The number of amides is 1. The maximum atomic E-state index is 12.5. The Balaban J connectivity index is 2.22. The van der Waals surface area contributed by atoms with Gasteiger partial charge in [0.1, 0.15) is 0 Å². The average Bonchev–Trinajstić information content (AvgIpc) is 2.76. The smallest absolute Gasteiger partial charge is 0.251 e. The van der Waals surface area contributed by atoms with Crippen molar-refractivity contribution in [2.45, 2.75) is 11.3 Å². The van der Waals surface area contributed by atoms with Crippen LogP contribution in [0.1, 0.15) is 16.8 Å². The van der Waals surface area contributed by atoms with E-state index in [4.69, 9.17) is 0 Å². The molecule has 1 aromatic rings. The van der Waals surface area contributed by atoms with Gasteiger partial charge in [-0.25, -0.2) is 8.42 Å². The normalized spacial score (nSPS) is 17.4. The third-order valence-electron chi connectivity index (χ3n) is 3.28. The lowest BCUT2D eigenvalue weighted by Gasteiger charge is -2.19. The molecule has 1 saturated heterocycles. The van der Waals surface area contributed by atoms with E-state index >= 15 is 0 Å². The largest absolute Gasteiger partial charge is 0.355 e. The van der Waals surface area contributed by atoms with Gasteiger partial charge in [0.2, 0.25) is 10.0 Å². The predicted molar refractivity (Wildman–Crippen MR) is 76.1 cm³/mol. The summed E-state index contributed by atoms with van der Waals surface area (Å²) in [6.07, 6.45) is 0.801. The fraction of sp³-hybridized carbons (Fsp3) is 0.462. The van der Waals surface area contributed by atoms with Gasteiger partial charge in [-0.2, -0.15) is 4.31 Å². The lowest BCUT2D eigenvalue weighted by Crippen LogP contribution is -2.34. The van der Waals surface area contributed by atoms with Crippen molar-refractivity contribution in [2.24, 2.45) is 0 Å². The molecule has 1 amide bonds. The first kappa shape index (κ1) is 15.0. The molecule has 20 heavy (non-hydrogen) atoms. The number of sulfonamides is 1. The fourth-order valence-corrected chi connectivity index (χ4v) is 3.61. The third-order valence-corrected chi connectivity index (χ3v) is 5.19. The van der Waals surface area contributed by atoms with E-state index in [-0.39, 0.29) is 10.8 Å². The van der Waals surface area contributed by atoms with E-state index in [0.29, 0.717) is 25.2 Å². The second-order valence-corrected chi connectivity index (χ2v) is 6.55. The minimum atomic E-state index is -3.47. The lowest BCUT2D eigenvalue weighted by molar-refractivity contribution is 0.0963. The summed E-state index contributed by atoms with van der Waals surface area (Å²) in [6, 6.07) is 6.03. The van der Waals surface area contributed by atoms with Crippen LogP contribution in [0.25, 0.3) is 0 Å². The van der Waals surface area contributed by atoms with Crippen LogP contribution in [0.15, 0.2) is 29.2 Å². The Morgan fingerprint density at radius 1 is 1.20 bits per heavy atom. The van der Waals surface area contributed by atoms with Crippen molar-refractivity contribution >= 4 is 15.9 Å². The van der Waals surface area contributed by atoms with Crippen molar-refractivity contribution in [3.8, 4) is 0 Å². The first-order valence-corrected chi connectivity index (χ1v) is 8.03. The summed E-state index contributed by atoms with van der Waals surface area (Å²) in [5.41, 5.74) is 0.448. The fourth-order valence-electron chi connectivity index (χ4n) is 2.13. The second kappa shape index (κ2) is 6.34. The Labute approximate surface area is 119 Å². The number of nitrogens with one attached hydrogen (secondary N) is 2. The summed E-state index contributed by atoms with van der Waals surface area (Å²) in [5.74, 6) is -0.229. The summed E-state index contributed by atoms with van der Waals surface area (Å²) in [7, 11) is -1.93. The third kappa shape index (κ3) is 3.17. The summed E-state index contributed by atoms with van der Waals surface area (Å²) < 4.78 is 26.5. The average molecular weight is 297 g/mol. The Bertz CT molecular complexity index is 561. The Kier molecular flexibility index (Phi) is 4.74. The quantitative estimate of drug-likeness (QED) is 0.825. The van der Waals surface area contributed by atoms with Crippen LogP contribution in [-0.2, 0) is 10.0 Å². The Morgan fingerprint density at radius 3 is 2.55 bits per heavy atom. The molecule has 110 valence electrons. The zero-order valence-electron chi connectivity index (χ0n) is 11.4. The van der Waals surface area contributed by atoms with Gasteiger partial charge >= 0.3 is 0 Å². The minimum Gasteiger partial charge on any atom is -0.355 e. The molecule has 2 rings (SSSR count). The van der Waals surface area contributed by atoms with Crippen LogP contribution in [0.5, 0.6) is 0 Å². The summed E-state index contributed by atoms with van der Waals surface area (Å²) in [5, 5.41) is 5.68. The van der Waals surface area contributed by atoms with Crippen LogP contribution in [0.3, 0.4) is 0 Å². The molecule has 0 bridgehead atoms. The van der Waals surface area contributed by atoms with Crippen molar-refractivity contribution in [3.05, 3.63) is 29.8 Å². The van der Waals surface area contributed by atoms with Gasteiger partial charge in [0.05, 0.1) is 4.90 Å². The monoisotopic (exact) mass is 297 g/mol. The van der Waals surface area contributed by atoms with Gasteiger partial charge in [0.15, 0.2) is 0 Å². The lowest BCUT2D eigenvalue weighted by atomic mass is 10.2. The van der Waals surface area contributed by atoms with E-state index in [1.807, 2.05) is 0 Å². The van der Waals surface area contributed by atoms with Gasteiger partial charge in [-0.3, -0.25) is 4.79 Å². The molecule has 0 saturated carbocycles. The van der Waals surface area contributed by atoms with Crippen molar-refractivity contribution in [3.63, 3.8) is 0 Å². The number of carbonyl (C=O) groups excluding carboxylic acids is 1. The molecule has 0 spiro atoms. The van der Waals surface area contributed by atoms with Crippen LogP contribution in [-0.4, -0.2) is 51.9 Å². The molecule has 7 heteroatoms. The van der Waals surface area contributed by atoms with Crippen molar-refractivity contribution in [2.75, 3.05) is 33.2 Å². The first-order chi connectivity index (χ1) is 9.55. The highest BCUT2D eigenvalue weighted by Crippen LogP contribution is 2.17. The molecule has 0 unspecified atom stereocenters. The molecular weight excluding hydrogens is 278 g/mol. The topological polar surface area (TPSA) is 78.5 Å². The predicted octanol–water partition coefficient (Wildman–Crippen LogP) is 0.0302. The van der Waals surface area contributed by atoms with Gasteiger partial charge in [0.25, 0.3) is 5.91 Å². The van der Waals surface area contributed by atoms with E-state index in [9.17, 15) is 13.2 Å². The molecule has 1 fully saturated rings. The van der Waals surface area contributed by atoms with Gasteiger partial charge in [0, 0.05) is 32.2 Å². The van der Waals surface area contributed by atoms with E-state index in [2.05, 4.69) is 10.6 Å². The minimum absolute atomic E-state index is 0.229. The summed E-state index contributed by atoms with van der Waals surface area (Å²) in [6.45, 7) is 2.49. The number of hydrogen-bond acceptors (Lipinski definition) is 4. The highest BCUT2D eigenvalue weighted by atomic mass is 32.2. The second-order valence-electron chi connectivity index (χ2n) is 4.61. The summed E-state index contributed by atoms with van der Waals surface area (Å²) >= 11 is 0. The van der Waals surface area contributed by atoms with Crippen LogP contribution in [0.2, 0.25) is 0 Å². The Hall–Kier alpha value is -1.44. The molecule has 1 aromatic carbocycles. The van der Waals surface area contributed by atoms with Crippen molar-refractivity contribution < 1.29 is 13.2 Å². The van der Waals surface area contributed by atoms with Gasteiger partial charge in [-0.1, -0.05) is 0 Å². The van der Waals surface area contributed by atoms with E-state index < -0.39 is 10.0 Å². The molecule has 0 aliphatic carbocycles. The number of hydrogen-bond donors (Lipinski definition) is 2. The highest BCUT2D eigenvalue weighted by molar-refractivity contribution is 7.89. The van der Waals surface area contributed by atoms with E-state index in [1.54, 1.807) is 0 Å². The number of nitrogens with zero attached hydrogens (tertiary/aromatic N) is 1. The number of benzene rings is 1. The zero-order chi connectivity index (χ0) is 14.6. The van der Waals surface area contributed by atoms with E-state index in [1.165, 1.54) is 35.6 Å². The zero-order valence-corrected chi connectivity index (χ0v) is 12.2. The summed E-state index contributed by atoms with van der Waals surface area (Å²) in [4.78, 5) is 11.7. The van der Waals surface area contributed by atoms with Crippen LogP contribution in [0.4, 0.5) is 0 Å². The molecular formula is C13H19N3O3S.